The number of carbonyl (C=O) groups is 1. The summed E-state index contributed by atoms with van der Waals surface area (Å²) in [6, 6.07) is 11.7. The largest absolute Gasteiger partial charge is 0.342 e. The molecule has 5 rings (SSSR count). The first-order chi connectivity index (χ1) is 13.5. The van der Waals surface area contributed by atoms with Crippen molar-refractivity contribution < 1.29 is 13.2 Å². The van der Waals surface area contributed by atoms with E-state index in [0.717, 1.165) is 38.8 Å². The highest BCUT2D eigenvalue weighted by Crippen LogP contribution is 2.44. The highest BCUT2D eigenvalue weighted by molar-refractivity contribution is 7.91. The molecule has 0 radical (unpaired) electrons. The van der Waals surface area contributed by atoms with Crippen LogP contribution in [0.1, 0.15) is 36.3 Å². The molecular weight excluding hydrogens is 392 g/mol. The Morgan fingerprint density at radius 2 is 1.79 bits per heavy atom. The van der Waals surface area contributed by atoms with Crippen molar-refractivity contribution in [2.45, 2.75) is 35.8 Å². The molecule has 7 heteroatoms. The molecule has 1 atom stereocenters. The average Bonchev–Trinajstić information content (AvgIpc) is 3.34. The summed E-state index contributed by atoms with van der Waals surface area (Å²) in [5, 5.41) is 1.80. The second-order valence-corrected chi connectivity index (χ2v) is 11.4. The quantitative estimate of drug-likeness (QED) is 0.773. The fourth-order valence-electron chi connectivity index (χ4n) is 4.97. The number of fused-ring (bicyclic) bond motifs is 1. The van der Waals surface area contributed by atoms with E-state index in [1.54, 1.807) is 21.8 Å². The van der Waals surface area contributed by atoms with E-state index in [-0.39, 0.29) is 17.2 Å². The molecule has 0 bridgehead atoms. The van der Waals surface area contributed by atoms with Gasteiger partial charge in [-0.1, -0.05) is 30.3 Å². The molecule has 2 saturated heterocycles. The van der Waals surface area contributed by atoms with Gasteiger partial charge in [0.1, 0.15) is 4.21 Å². The number of rotatable bonds is 3. The smallest absolute Gasteiger partial charge is 0.252 e. The molecule has 0 N–H and O–H groups in total. The van der Waals surface area contributed by atoms with Gasteiger partial charge in [0.05, 0.1) is 5.92 Å². The Labute approximate surface area is 170 Å². The number of sulfonamides is 1. The zero-order valence-electron chi connectivity index (χ0n) is 15.7. The molecule has 28 heavy (non-hydrogen) atoms. The topological polar surface area (TPSA) is 57.7 Å². The molecule has 1 unspecified atom stereocenters. The predicted molar refractivity (Wildman–Crippen MR) is 109 cm³/mol. The summed E-state index contributed by atoms with van der Waals surface area (Å²) in [5.41, 5.74) is 2.56. The lowest BCUT2D eigenvalue weighted by Crippen LogP contribution is -2.45. The van der Waals surface area contributed by atoms with Crippen molar-refractivity contribution in [2.75, 3.05) is 26.2 Å². The molecule has 148 valence electrons. The third kappa shape index (κ3) is 2.91. The van der Waals surface area contributed by atoms with Crippen molar-refractivity contribution in [3.05, 3.63) is 52.9 Å². The summed E-state index contributed by atoms with van der Waals surface area (Å²) in [5.74, 6) is 0.273. The summed E-state index contributed by atoms with van der Waals surface area (Å²) in [7, 11) is -3.37. The summed E-state index contributed by atoms with van der Waals surface area (Å²) < 4.78 is 27.5. The minimum atomic E-state index is -3.37. The third-order valence-corrected chi connectivity index (χ3v) is 10.0. The van der Waals surface area contributed by atoms with Crippen LogP contribution in [0.2, 0.25) is 0 Å². The predicted octanol–water partition coefficient (Wildman–Crippen LogP) is 3.09. The van der Waals surface area contributed by atoms with Gasteiger partial charge in [-0.3, -0.25) is 4.79 Å². The molecule has 1 aromatic heterocycles. The van der Waals surface area contributed by atoms with E-state index < -0.39 is 10.0 Å². The zero-order chi connectivity index (χ0) is 19.4. The number of hydrogen-bond acceptors (Lipinski definition) is 4. The van der Waals surface area contributed by atoms with Crippen LogP contribution >= 0.6 is 11.3 Å². The maximum absolute atomic E-state index is 13.0. The minimum absolute atomic E-state index is 0.0191. The second-order valence-electron chi connectivity index (χ2n) is 8.30. The maximum Gasteiger partial charge on any atom is 0.252 e. The van der Waals surface area contributed by atoms with Gasteiger partial charge in [-0.05, 0) is 53.7 Å². The normalized spacial score (nSPS) is 24.1. The van der Waals surface area contributed by atoms with Crippen molar-refractivity contribution in [1.29, 1.82) is 0 Å². The van der Waals surface area contributed by atoms with Gasteiger partial charge < -0.3 is 4.90 Å². The van der Waals surface area contributed by atoms with Crippen molar-refractivity contribution in [2.24, 2.45) is 5.41 Å². The van der Waals surface area contributed by atoms with Gasteiger partial charge in [0.25, 0.3) is 10.0 Å². The minimum Gasteiger partial charge on any atom is -0.342 e. The SMILES string of the molecule is O=C(C1Cc2ccccc21)N1CCC2(CCN(S(=O)(=O)c3cccs3)CC2)C1. The Morgan fingerprint density at radius 1 is 1.04 bits per heavy atom. The van der Waals surface area contributed by atoms with E-state index in [2.05, 4.69) is 12.1 Å². The van der Waals surface area contributed by atoms with Gasteiger partial charge in [-0.2, -0.15) is 4.31 Å². The Morgan fingerprint density at radius 3 is 2.50 bits per heavy atom. The average molecular weight is 417 g/mol. The van der Waals surface area contributed by atoms with E-state index >= 15 is 0 Å². The van der Waals surface area contributed by atoms with Gasteiger partial charge in [0, 0.05) is 26.2 Å². The second kappa shape index (κ2) is 6.68. The fourth-order valence-corrected chi connectivity index (χ4v) is 7.56. The molecular formula is C21H24N2O3S2. The van der Waals surface area contributed by atoms with Crippen LogP contribution in [0, 0.1) is 5.41 Å². The highest BCUT2D eigenvalue weighted by Gasteiger charge is 2.46. The molecule has 1 aliphatic carbocycles. The summed E-state index contributed by atoms with van der Waals surface area (Å²) in [4.78, 5) is 15.0. The van der Waals surface area contributed by atoms with Crippen molar-refractivity contribution in [3.63, 3.8) is 0 Å². The van der Waals surface area contributed by atoms with Crippen molar-refractivity contribution in [3.8, 4) is 0 Å². The number of thiophene rings is 1. The third-order valence-electron chi connectivity index (χ3n) is 6.77. The van der Waals surface area contributed by atoms with E-state index in [1.807, 2.05) is 17.0 Å². The molecule has 0 saturated carbocycles. The van der Waals surface area contributed by atoms with Gasteiger partial charge in [-0.25, -0.2) is 8.42 Å². The number of likely N-dealkylation sites (tertiary alicyclic amines) is 1. The molecule has 2 aliphatic heterocycles. The van der Waals surface area contributed by atoms with Crippen LogP contribution in [-0.2, 0) is 21.2 Å². The summed E-state index contributed by atoms with van der Waals surface area (Å²) in [6.07, 6.45) is 3.51. The zero-order valence-corrected chi connectivity index (χ0v) is 17.3. The Hall–Kier alpha value is -1.70. The molecule has 1 spiro atoms. The Bertz CT molecular complexity index is 992. The standard InChI is InChI=1S/C21H24N2O3S2/c24-20(18-14-16-4-1-2-5-17(16)18)22-10-7-21(15-22)8-11-23(12-9-21)28(25,26)19-6-3-13-27-19/h1-6,13,18H,7-12,14-15H2. The van der Waals surface area contributed by atoms with Gasteiger partial charge in [-0.15, -0.1) is 11.3 Å². The van der Waals surface area contributed by atoms with Crippen LogP contribution in [0.25, 0.3) is 0 Å². The highest BCUT2D eigenvalue weighted by atomic mass is 32.2. The first kappa shape index (κ1) is 18.3. The number of carbonyl (C=O) groups excluding carboxylic acids is 1. The maximum atomic E-state index is 13.0. The van der Waals surface area contributed by atoms with E-state index in [1.165, 1.54) is 22.5 Å². The van der Waals surface area contributed by atoms with Crippen LogP contribution in [0.15, 0.2) is 46.0 Å². The van der Waals surface area contributed by atoms with Crippen LogP contribution in [0.3, 0.4) is 0 Å². The van der Waals surface area contributed by atoms with Crippen LogP contribution in [-0.4, -0.2) is 49.7 Å². The number of amides is 1. The monoisotopic (exact) mass is 416 g/mol. The van der Waals surface area contributed by atoms with Crippen LogP contribution < -0.4 is 0 Å². The Kier molecular flexibility index (Phi) is 4.37. The van der Waals surface area contributed by atoms with E-state index in [4.69, 9.17) is 0 Å². The first-order valence-electron chi connectivity index (χ1n) is 9.89. The number of benzene rings is 1. The lowest BCUT2D eigenvalue weighted by atomic mass is 9.76. The molecule has 1 aromatic carbocycles. The molecule has 2 fully saturated rings. The number of piperidine rings is 1. The van der Waals surface area contributed by atoms with E-state index in [9.17, 15) is 13.2 Å². The fraction of sp³-hybridized carbons (Fsp3) is 0.476. The first-order valence-corrected chi connectivity index (χ1v) is 12.2. The molecule has 3 aliphatic rings. The lowest BCUT2D eigenvalue weighted by molar-refractivity contribution is -0.132. The summed E-state index contributed by atoms with van der Waals surface area (Å²) in [6.45, 7) is 2.68. The van der Waals surface area contributed by atoms with Gasteiger partial charge >= 0.3 is 0 Å². The van der Waals surface area contributed by atoms with Crippen molar-refractivity contribution >= 4 is 27.3 Å². The van der Waals surface area contributed by atoms with E-state index in [0.29, 0.717) is 17.3 Å². The van der Waals surface area contributed by atoms with Crippen molar-refractivity contribution in [1.82, 2.24) is 9.21 Å². The molecule has 1 amide bonds. The molecule has 2 aromatic rings. The van der Waals surface area contributed by atoms with Crippen LogP contribution in [0.5, 0.6) is 0 Å². The van der Waals surface area contributed by atoms with Crippen LogP contribution in [0.4, 0.5) is 0 Å². The number of nitrogens with zero attached hydrogens (tertiary/aromatic N) is 2. The van der Waals surface area contributed by atoms with Gasteiger partial charge in [0.2, 0.25) is 5.91 Å². The lowest BCUT2D eigenvalue weighted by Gasteiger charge is -2.39. The van der Waals surface area contributed by atoms with Gasteiger partial charge in [0.15, 0.2) is 0 Å². The number of hydrogen-bond donors (Lipinski definition) is 0. The molecule has 5 nitrogen and oxygen atoms in total. The molecule has 3 heterocycles. The Balaban J connectivity index is 1.23. The summed E-state index contributed by atoms with van der Waals surface area (Å²) >= 11 is 1.28.